The monoisotopic (exact) mass is 199 g/mol. The zero-order valence-corrected chi connectivity index (χ0v) is 7.78. The number of rotatable bonds is 5. The Kier molecular flexibility index (Phi) is 6.71. The summed E-state index contributed by atoms with van der Waals surface area (Å²) >= 11 is 10.7. The van der Waals surface area contributed by atoms with Crippen LogP contribution < -0.4 is 4.84 Å². The summed E-state index contributed by atoms with van der Waals surface area (Å²) in [6, 6.07) is -0.444. The molecule has 1 N–H and O–H groups in total. The van der Waals surface area contributed by atoms with Gasteiger partial charge in [0, 0.05) is 5.88 Å². The van der Waals surface area contributed by atoms with E-state index in [1.807, 2.05) is 0 Å². The minimum absolute atomic E-state index is 0.356. The molecular formula is C6H11Cl2NO2. The highest BCUT2D eigenvalue weighted by Gasteiger charge is 2.16. The Hall–Kier alpha value is 0.01000. The van der Waals surface area contributed by atoms with Gasteiger partial charge in [0.05, 0.1) is 7.11 Å². The molecule has 1 atom stereocenters. The van der Waals surface area contributed by atoms with Crippen LogP contribution in [0, 0.1) is 0 Å². The van der Waals surface area contributed by atoms with Crippen LogP contribution in [-0.2, 0) is 9.53 Å². The average Bonchev–Trinajstić information content (AvgIpc) is 2.05. The molecule has 0 bridgehead atoms. The van der Waals surface area contributed by atoms with Crippen molar-refractivity contribution in [1.29, 1.82) is 0 Å². The van der Waals surface area contributed by atoms with E-state index in [1.165, 1.54) is 7.11 Å². The highest BCUT2D eigenvalue weighted by atomic mass is 35.5. The first-order valence-corrected chi connectivity index (χ1v) is 4.17. The zero-order valence-electron chi connectivity index (χ0n) is 6.27. The van der Waals surface area contributed by atoms with E-state index in [-0.39, 0.29) is 5.97 Å². The molecule has 0 saturated carbocycles. The van der Waals surface area contributed by atoms with Crippen LogP contribution in [0.2, 0.25) is 0 Å². The molecule has 0 rings (SSSR count). The Balaban J connectivity index is 3.65. The van der Waals surface area contributed by atoms with Gasteiger partial charge in [0.1, 0.15) is 6.04 Å². The van der Waals surface area contributed by atoms with Gasteiger partial charge in [0.2, 0.25) is 0 Å². The lowest BCUT2D eigenvalue weighted by Crippen LogP contribution is -2.31. The third kappa shape index (κ3) is 4.45. The fourth-order valence-corrected chi connectivity index (χ4v) is 0.993. The lowest BCUT2D eigenvalue weighted by Gasteiger charge is -2.10. The molecule has 0 aliphatic heterocycles. The summed E-state index contributed by atoms with van der Waals surface area (Å²) in [5.74, 6) is 0.164. The number of alkyl halides is 1. The second-order valence-electron chi connectivity index (χ2n) is 2.02. The smallest absolute Gasteiger partial charge is 0.324 e. The number of halogens is 2. The molecule has 0 spiro atoms. The molecule has 0 aromatic rings. The third-order valence-electron chi connectivity index (χ3n) is 1.24. The minimum Gasteiger partial charge on any atom is -0.468 e. The largest absolute Gasteiger partial charge is 0.468 e. The molecule has 0 aromatic carbocycles. The lowest BCUT2D eigenvalue weighted by atomic mass is 10.2. The van der Waals surface area contributed by atoms with Gasteiger partial charge in [-0.1, -0.05) is 0 Å². The molecule has 0 amide bonds. The van der Waals surface area contributed by atoms with Crippen LogP contribution in [0.4, 0.5) is 0 Å². The molecule has 0 saturated heterocycles. The van der Waals surface area contributed by atoms with E-state index in [1.54, 1.807) is 0 Å². The Morgan fingerprint density at radius 2 is 2.36 bits per heavy atom. The topological polar surface area (TPSA) is 38.3 Å². The molecule has 0 heterocycles. The molecule has 0 aromatic heterocycles. The van der Waals surface area contributed by atoms with Gasteiger partial charge in [-0.05, 0) is 24.6 Å². The molecule has 0 aliphatic carbocycles. The number of hydrogen-bond acceptors (Lipinski definition) is 3. The van der Waals surface area contributed by atoms with Gasteiger partial charge in [-0.25, -0.2) is 4.84 Å². The van der Waals surface area contributed by atoms with Gasteiger partial charge in [0.15, 0.2) is 0 Å². The van der Waals surface area contributed by atoms with Gasteiger partial charge < -0.3 is 4.74 Å². The summed E-state index contributed by atoms with van der Waals surface area (Å²) in [4.78, 5) is 13.2. The first kappa shape index (κ1) is 11.0. The van der Waals surface area contributed by atoms with Crippen LogP contribution in [0.1, 0.15) is 12.8 Å². The standard InChI is InChI=1S/C6H11Cl2NO2/c1-11-6(10)5(9-8)3-2-4-7/h5,9H,2-4H2,1H3/t5-/m1/s1. The SMILES string of the molecule is COC(=O)[C@@H](CCCCl)NCl. The van der Waals surface area contributed by atoms with Gasteiger partial charge >= 0.3 is 5.97 Å². The van der Waals surface area contributed by atoms with E-state index >= 15 is 0 Å². The van der Waals surface area contributed by atoms with Crippen molar-refractivity contribution in [2.75, 3.05) is 13.0 Å². The second-order valence-corrected chi connectivity index (χ2v) is 2.61. The van der Waals surface area contributed by atoms with Crippen molar-refractivity contribution in [3.8, 4) is 0 Å². The number of carbonyl (C=O) groups is 1. The van der Waals surface area contributed by atoms with Crippen molar-refractivity contribution in [3.05, 3.63) is 0 Å². The third-order valence-corrected chi connectivity index (χ3v) is 1.77. The van der Waals surface area contributed by atoms with E-state index in [2.05, 4.69) is 9.57 Å². The molecule has 0 fully saturated rings. The molecule has 0 unspecified atom stereocenters. The number of hydrogen-bond donors (Lipinski definition) is 1. The number of esters is 1. The summed E-state index contributed by atoms with van der Waals surface area (Å²) in [7, 11) is 1.32. The summed E-state index contributed by atoms with van der Waals surface area (Å²) in [5.41, 5.74) is 0. The normalized spacial score (nSPS) is 12.6. The summed E-state index contributed by atoms with van der Waals surface area (Å²) in [6.07, 6.45) is 1.33. The van der Waals surface area contributed by atoms with Gasteiger partial charge in [-0.2, -0.15) is 0 Å². The van der Waals surface area contributed by atoms with E-state index in [9.17, 15) is 4.79 Å². The maximum absolute atomic E-state index is 10.8. The van der Waals surface area contributed by atoms with E-state index in [0.717, 1.165) is 6.42 Å². The van der Waals surface area contributed by atoms with Crippen molar-refractivity contribution in [1.82, 2.24) is 4.84 Å². The summed E-state index contributed by atoms with van der Waals surface area (Å²) in [6.45, 7) is 0. The zero-order chi connectivity index (χ0) is 8.69. The van der Waals surface area contributed by atoms with Crippen LogP contribution >= 0.6 is 23.4 Å². The first-order valence-electron chi connectivity index (χ1n) is 3.26. The fraction of sp³-hybridized carbons (Fsp3) is 0.833. The average molecular weight is 200 g/mol. The Morgan fingerprint density at radius 3 is 2.73 bits per heavy atom. The highest BCUT2D eigenvalue weighted by Crippen LogP contribution is 2.01. The summed E-state index contributed by atoms with van der Waals surface area (Å²) in [5, 5.41) is 0. The minimum atomic E-state index is -0.444. The van der Waals surface area contributed by atoms with Crippen LogP contribution in [-0.4, -0.2) is 25.0 Å². The van der Waals surface area contributed by atoms with Crippen molar-refractivity contribution in [2.45, 2.75) is 18.9 Å². The van der Waals surface area contributed by atoms with Crippen LogP contribution in [0.25, 0.3) is 0 Å². The van der Waals surface area contributed by atoms with Crippen LogP contribution in [0.3, 0.4) is 0 Å². The lowest BCUT2D eigenvalue weighted by molar-refractivity contribution is -0.142. The second kappa shape index (κ2) is 6.70. The van der Waals surface area contributed by atoms with E-state index < -0.39 is 6.04 Å². The molecule has 0 aliphatic rings. The molecule has 66 valence electrons. The molecular weight excluding hydrogens is 189 g/mol. The maximum Gasteiger partial charge on any atom is 0.324 e. The number of methoxy groups -OCH3 is 1. The van der Waals surface area contributed by atoms with Crippen molar-refractivity contribution in [2.24, 2.45) is 0 Å². The summed E-state index contributed by atoms with van der Waals surface area (Å²) < 4.78 is 4.47. The van der Waals surface area contributed by atoms with Crippen LogP contribution in [0.5, 0.6) is 0 Å². The molecule has 0 radical (unpaired) electrons. The van der Waals surface area contributed by atoms with Crippen molar-refractivity contribution >= 4 is 29.3 Å². The quantitative estimate of drug-likeness (QED) is 0.412. The van der Waals surface area contributed by atoms with E-state index in [0.29, 0.717) is 12.3 Å². The Labute approximate surface area is 76.1 Å². The Bertz CT molecular complexity index is 121. The van der Waals surface area contributed by atoms with Crippen LogP contribution in [0.15, 0.2) is 0 Å². The van der Waals surface area contributed by atoms with Gasteiger partial charge in [-0.3, -0.25) is 4.79 Å². The Morgan fingerprint density at radius 1 is 1.73 bits per heavy atom. The molecule has 11 heavy (non-hydrogen) atoms. The molecule has 5 heteroatoms. The van der Waals surface area contributed by atoms with Crippen molar-refractivity contribution in [3.63, 3.8) is 0 Å². The highest BCUT2D eigenvalue weighted by molar-refractivity contribution is 6.17. The predicted molar refractivity (Wildman–Crippen MR) is 44.7 cm³/mol. The number of ether oxygens (including phenoxy) is 1. The molecule has 3 nitrogen and oxygen atoms in total. The number of nitrogens with one attached hydrogen (secondary N) is 1. The predicted octanol–water partition coefficient (Wildman–Crippen LogP) is 1.29. The van der Waals surface area contributed by atoms with Gasteiger partial charge in [-0.15, -0.1) is 11.6 Å². The van der Waals surface area contributed by atoms with Crippen molar-refractivity contribution < 1.29 is 9.53 Å². The fourth-order valence-electron chi connectivity index (χ4n) is 0.640. The van der Waals surface area contributed by atoms with E-state index in [4.69, 9.17) is 23.4 Å². The maximum atomic E-state index is 10.8. The first-order chi connectivity index (χ1) is 5.26. The number of carbonyl (C=O) groups excluding carboxylic acids is 1. The van der Waals surface area contributed by atoms with Gasteiger partial charge in [0.25, 0.3) is 0 Å².